The van der Waals surface area contributed by atoms with Gasteiger partial charge in [0.15, 0.2) is 0 Å². The highest BCUT2D eigenvalue weighted by molar-refractivity contribution is 5.77. The lowest BCUT2D eigenvalue weighted by molar-refractivity contribution is -0.142. The van der Waals surface area contributed by atoms with Crippen molar-refractivity contribution in [3.05, 3.63) is 0 Å². The number of carbonyl (C=O) groups is 2. The molecule has 0 aromatic carbocycles. The number of rotatable bonds is 7. The lowest BCUT2D eigenvalue weighted by atomic mass is 9.99. The Morgan fingerprint density at radius 3 is 2.47 bits per heavy atom. The highest BCUT2D eigenvalue weighted by Crippen LogP contribution is 2.19. The molecule has 0 aromatic heterocycles. The minimum Gasteiger partial charge on any atom is -0.388 e. The van der Waals surface area contributed by atoms with Crippen LogP contribution in [0.3, 0.4) is 0 Å². The van der Waals surface area contributed by atoms with Crippen molar-refractivity contribution < 1.29 is 29.3 Å². The van der Waals surface area contributed by atoms with Crippen LogP contribution in [0, 0.1) is 5.92 Å². The van der Waals surface area contributed by atoms with Crippen molar-refractivity contribution in [3.8, 4) is 0 Å². The van der Waals surface area contributed by atoms with Crippen molar-refractivity contribution in [1.29, 1.82) is 0 Å². The van der Waals surface area contributed by atoms with Gasteiger partial charge in [-0.15, -0.1) is 0 Å². The zero-order valence-corrected chi connectivity index (χ0v) is 20.8. The first-order valence-electron chi connectivity index (χ1n) is 12.2. The lowest BCUT2D eigenvalue weighted by Crippen LogP contribution is -2.53. The summed E-state index contributed by atoms with van der Waals surface area (Å²) in [6.45, 7) is 9.44. The van der Waals surface area contributed by atoms with Gasteiger partial charge in [-0.2, -0.15) is 0 Å². The van der Waals surface area contributed by atoms with E-state index in [9.17, 15) is 19.8 Å². The topological polar surface area (TPSA) is 99.5 Å². The SMILES string of the molecule is CCCCCC(=O)N1CCCCOC[C@@H](O)[C@@H](O)[C@H](OC)CN(C(C)=O)C[C@@H]1CC(C)C. The molecule has 1 heterocycles. The average molecular weight is 459 g/mol. The summed E-state index contributed by atoms with van der Waals surface area (Å²) in [6, 6.07) is -0.114. The third-order valence-electron chi connectivity index (χ3n) is 6.08. The Balaban J connectivity index is 3.17. The molecular weight excluding hydrogens is 412 g/mol. The van der Waals surface area contributed by atoms with E-state index in [2.05, 4.69) is 20.8 Å². The molecule has 8 nitrogen and oxygen atoms in total. The Kier molecular flexibility index (Phi) is 14.0. The van der Waals surface area contributed by atoms with Gasteiger partial charge in [0.2, 0.25) is 11.8 Å². The van der Waals surface area contributed by atoms with Gasteiger partial charge in [0.25, 0.3) is 0 Å². The fraction of sp³-hybridized carbons (Fsp3) is 0.917. The van der Waals surface area contributed by atoms with Crippen LogP contribution in [0.1, 0.15) is 72.6 Å². The third-order valence-corrected chi connectivity index (χ3v) is 6.08. The first-order chi connectivity index (χ1) is 15.2. The molecule has 2 amide bonds. The number of amides is 2. The summed E-state index contributed by atoms with van der Waals surface area (Å²) in [7, 11) is 1.46. The highest BCUT2D eigenvalue weighted by atomic mass is 16.5. The minimum atomic E-state index is -1.18. The van der Waals surface area contributed by atoms with Crippen LogP contribution in [-0.4, -0.2) is 96.1 Å². The molecule has 1 fully saturated rings. The smallest absolute Gasteiger partial charge is 0.222 e. The molecule has 0 bridgehead atoms. The zero-order chi connectivity index (χ0) is 24.1. The molecule has 0 unspecified atom stereocenters. The number of hydrogen-bond donors (Lipinski definition) is 2. The molecule has 32 heavy (non-hydrogen) atoms. The van der Waals surface area contributed by atoms with Crippen LogP contribution in [0.4, 0.5) is 0 Å². The molecule has 0 saturated carbocycles. The van der Waals surface area contributed by atoms with Gasteiger partial charge in [0.1, 0.15) is 18.3 Å². The number of nitrogens with zero attached hydrogens (tertiary/aromatic N) is 2. The third kappa shape index (κ3) is 10.1. The van der Waals surface area contributed by atoms with Gasteiger partial charge in [0, 0.05) is 52.7 Å². The molecule has 0 aromatic rings. The number of unbranched alkanes of at least 4 members (excludes halogenated alkanes) is 2. The van der Waals surface area contributed by atoms with Crippen molar-refractivity contribution >= 4 is 11.8 Å². The summed E-state index contributed by atoms with van der Waals surface area (Å²) in [5, 5.41) is 20.9. The molecule has 0 aliphatic carbocycles. The largest absolute Gasteiger partial charge is 0.388 e. The highest BCUT2D eigenvalue weighted by Gasteiger charge is 2.32. The summed E-state index contributed by atoms with van der Waals surface area (Å²) in [6.07, 6.45) is 2.76. The summed E-state index contributed by atoms with van der Waals surface area (Å²) in [5.41, 5.74) is 0. The molecule has 4 atom stereocenters. The number of aliphatic hydroxyl groups excluding tert-OH is 2. The summed E-state index contributed by atoms with van der Waals surface area (Å²) >= 11 is 0. The van der Waals surface area contributed by atoms with E-state index in [4.69, 9.17) is 9.47 Å². The van der Waals surface area contributed by atoms with Gasteiger partial charge in [-0.3, -0.25) is 9.59 Å². The van der Waals surface area contributed by atoms with Gasteiger partial charge >= 0.3 is 0 Å². The van der Waals surface area contributed by atoms with Gasteiger partial charge in [-0.05, 0) is 31.6 Å². The predicted molar refractivity (Wildman–Crippen MR) is 124 cm³/mol. The zero-order valence-electron chi connectivity index (χ0n) is 20.8. The maximum absolute atomic E-state index is 13.2. The summed E-state index contributed by atoms with van der Waals surface area (Å²) < 4.78 is 11.0. The van der Waals surface area contributed by atoms with Crippen LogP contribution in [-0.2, 0) is 19.1 Å². The number of hydrogen-bond acceptors (Lipinski definition) is 6. The van der Waals surface area contributed by atoms with Crippen LogP contribution < -0.4 is 0 Å². The van der Waals surface area contributed by atoms with E-state index in [0.29, 0.717) is 32.0 Å². The summed E-state index contributed by atoms with van der Waals surface area (Å²) in [5.74, 6) is 0.344. The second-order valence-electron chi connectivity index (χ2n) is 9.37. The van der Waals surface area contributed by atoms with Gasteiger partial charge in [-0.1, -0.05) is 33.6 Å². The van der Waals surface area contributed by atoms with Crippen molar-refractivity contribution in [3.63, 3.8) is 0 Å². The Bertz CT molecular complexity index is 545. The van der Waals surface area contributed by atoms with Crippen molar-refractivity contribution in [2.24, 2.45) is 5.92 Å². The molecule has 188 valence electrons. The standard InChI is InChI=1S/C24H46N2O6/c1-6-7-8-11-23(29)26-12-9-10-13-32-17-21(28)24(30)22(31-5)16-25(19(4)27)15-20(26)14-18(2)3/h18,20-22,24,28,30H,6-17H2,1-5H3/t20-,21+,22+,24+/m0/s1. The molecular formula is C24H46N2O6. The molecule has 1 aliphatic rings. The molecule has 8 heteroatoms. The molecule has 0 radical (unpaired) electrons. The average Bonchev–Trinajstić information content (AvgIpc) is 2.73. The quantitative estimate of drug-likeness (QED) is 0.568. The van der Waals surface area contributed by atoms with Crippen molar-refractivity contribution in [1.82, 2.24) is 9.80 Å². The van der Waals surface area contributed by atoms with Crippen LogP contribution in [0.15, 0.2) is 0 Å². The predicted octanol–water partition coefficient (Wildman–Crippen LogP) is 2.21. The second-order valence-corrected chi connectivity index (χ2v) is 9.37. The van der Waals surface area contributed by atoms with Gasteiger partial charge in [-0.25, -0.2) is 0 Å². The van der Waals surface area contributed by atoms with E-state index in [1.807, 2.05) is 4.90 Å². The minimum absolute atomic E-state index is 0.00324. The van der Waals surface area contributed by atoms with E-state index in [0.717, 1.165) is 38.5 Å². The monoisotopic (exact) mass is 458 g/mol. The van der Waals surface area contributed by atoms with Crippen LogP contribution >= 0.6 is 0 Å². The maximum atomic E-state index is 13.2. The van der Waals surface area contributed by atoms with Crippen LogP contribution in [0.2, 0.25) is 0 Å². The fourth-order valence-corrected chi connectivity index (χ4v) is 4.19. The number of ether oxygens (including phenoxy) is 2. The van der Waals surface area contributed by atoms with E-state index < -0.39 is 18.3 Å². The van der Waals surface area contributed by atoms with Crippen LogP contribution in [0.25, 0.3) is 0 Å². The van der Waals surface area contributed by atoms with Gasteiger partial charge < -0.3 is 29.5 Å². The molecule has 0 spiro atoms. The Labute approximate surface area is 194 Å². The van der Waals surface area contributed by atoms with Gasteiger partial charge in [0.05, 0.1) is 6.61 Å². The first kappa shape index (κ1) is 28.8. The number of aliphatic hydroxyl groups is 2. The first-order valence-corrected chi connectivity index (χ1v) is 12.2. The van der Waals surface area contributed by atoms with Crippen molar-refractivity contribution in [2.75, 3.05) is 40.0 Å². The molecule has 1 saturated heterocycles. The Morgan fingerprint density at radius 2 is 1.88 bits per heavy atom. The van der Waals surface area contributed by atoms with E-state index in [1.54, 1.807) is 4.90 Å². The van der Waals surface area contributed by atoms with E-state index >= 15 is 0 Å². The van der Waals surface area contributed by atoms with E-state index in [-0.39, 0.29) is 31.0 Å². The molecule has 2 N–H and O–H groups in total. The fourth-order valence-electron chi connectivity index (χ4n) is 4.19. The summed E-state index contributed by atoms with van der Waals surface area (Å²) in [4.78, 5) is 29.3. The van der Waals surface area contributed by atoms with Crippen molar-refractivity contribution in [2.45, 2.75) is 97.0 Å². The molecule has 1 aliphatic heterocycles. The number of carbonyl (C=O) groups excluding carboxylic acids is 2. The Morgan fingerprint density at radius 1 is 1.16 bits per heavy atom. The lowest BCUT2D eigenvalue weighted by Gasteiger charge is -2.38. The maximum Gasteiger partial charge on any atom is 0.222 e. The Hall–Kier alpha value is -1.22. The molecule has 1 rings (SSSR count). The number of methoxy groups -OCH3 is 1. The normalized spacial score (nSPS) is 26.8. The second kappa shape index (κ2) is 15.6. The van der Waals surface area contributed by atoms with E-state index in [1.165, 1.54) is 14.0 Å². The van der Waals surface area contributed by atoms with Crippen LogP contribution in [0.5, 0.6) is 0 Å².